The Balaban J connectivity index is 1.77. The molecule has 0 saturated carbocycles. The number of methoxy groups -OCH3 is 1. The molecule has 2 aromatic carbocycles. The average Bonchev–Trinajstić information content (AvgIpc) is 2.85. The van der Waals surface area contributed by atoms with Gasteiger partial charge in [0, 0.05) is 22.3 Å². The van der Waals surface area contributed by atoms with E-state index in [1.54, 1.807) is 24.3 Å². The van der Waals surface area contributed by atoms with Gasteiger partial charge in [-0.2, -0.15) is 0 Å². The van der Waals surface area contributed by atoms with Gasteiger partial charge < -0.3 is 15.4 Å². The highest BCUT2D eigenvalue weighted by molar-refractivity contribution is 6.32. The Morgan fingerprint density at radius 1 is 1.29 bits per heavy atom. The van der Waals surface area contributed by atoms with Gasteiger partial charge in [0.15, 0.2) is 0 Å². The number of urea groups is 1. The molecule has 1 aliphatic rings. The highest BCUT2D eigenvalue weighted by atomic mass is 35.5. The molecule has 1 unspecified atom stereocenters. The van der Waals surface area contributed by atoms with Gasteiger partial charge in [-0.1, -0.05) is 23.7 Å². The number of hydrogen-bond donors (Lipinski definition) is 2. The summed E-state index contributed by atoms with van der Waals surface area (Å²) in [6.45, 7) is 0.961. The fraction of sp³-hybridized carbons (Fsp3) is 0.211. The summed E-state index contributed by atoms with van der Waals surface area (Å²) in [5.41, 5.74) is -0.802. The SMILES string of the molecule is COc1cccc(NC(=O)CN2C(=O)NC(C)(c3ccc(F)cc3Cl)C2=O)c1. The van der Waals surface area contributed by atoms with Crippen LogP contribution in [0.5, 0.6) is 5.75 Å². The van der Waals surface area contributed by atoms with Gasteiger partial charge in [0.1, 0.15) is 23.7 Å². The molecule has 2 N–H and O–H groups in total. The predicted octanol–water partition coefficient (Wildman–Crippen LogP) is 2.89. The Morgan fingerprint density at radius 2 is 2.04 bits per heavy atom. The lowest BCUT2D eigenvalue weighted by atomic mass is 9.92. The van der Waals surface area contributed by atoms with E-state index in [1.165, 1.54) is 20.1 Å². The second kappa shape index (κ2) is 7.47. The molecule has 1 heterocycles. The second-order valence-electron chi connectivity index (χ2n) is 6.35. The maximum absolute atomic E-state index is 13.3. The third kappa shape index (κ3) is 3.63. The number of rotatable bonds is 5. The Kier molecular flexibility index (Phi) is 5.24. The van der Waals surface area contributed by atoms with Crippen molar-refractivity contribution in [1.29, 1.82) is 0 Å². The number of benzene rings is 2. The maximum atomic E-state index is 13.3. The normalized spacial score (nSPS) is 18.8. The molecular weight excluding hydrogens is 389 g/mol. The van der Waals surface area contributed by atoms with Gasteiger partial charge in [0.25, 0.3) is 5.91 Å². The zero-order chi connectivity index (χ0) is 20.5. The van der Waals surface area contributed by atoms with Gasteiger partial charge >= 0.3 is 6.03 Å². The number of nitrogens with one attached hydrogen (secondary N) is 2. The van der Waals surface area contributed by atoms with Crippen molar-refractivity contribution in [2.24, 2.45) is 0 Å². The molecule has 0 spiro atoms. The molecule has 9 heteroatoms. The van der Waals surface area contributed by atoms with Crippen molar-refractivity contribution in [3.63, 3.8) is 0 Å². The molecular formula is C19H17ClFN3O4. The summed E-state index contributed by atoms with van der Waals surface area (Å²) in [5, 5.41) is 5.13. The van der Waals surface area contributed by atoms with E-state index in [-0.39, 0.29) is 10.6 Å². The van der Waals surface area contributed by atoms with Crippen LogP contribution < -0.4 is 15.4 Å². The lowest BCUT2D eigenvalue weighted by Gasteiger charge is -2.23. The molecule has 28 heavy (non-hydrogen) atoms. The summed E-state index contributed by atoms with van der Waals surface area (Å²) in [4.78, 5) is 38.3. The molecule has 0 radical (unpaired) electrons. The number of imide groups is 1. The van der Waals surface area contributed by atoms with E-state index in [4.69, 9.17) is 16.3 Å². The monoisotopic (exact) mass is 405 g/mol. The van der Waals surface area contributed by atoms with E-state index < -0.39 is 35.7 Å². The minimum Gasteiger partial charge on any atom is -0.497 e. The van der Waals surface area contributed by atoms with Gasteiger partial charge in [-0.3, -0.25) is 14.5 Å². The van der Waals surface area contributed by atoms with Crippen LogP contribution in [0.3, 0.4) is 0 Å². The number of halogens is 2. The van der Waals surface area contributed by atoms with E-state index in [9.17, 15) is 18.8 Å². The van der Waals surface area contributed by atoms with Crippen molar-refractivity contribution in [1.82, 2.24) is 10.2 Å². The van der Waals surface area contributed by atoms with Crippen molar-refractivity contribution >= 4 is 35.1 Å². The smallest absolute Gasteiger partial charge is 0.325 e. The highest BCUT2D eigenvalue weighted by Gasteiger charge is 2.50. The van der Waals surface area contributed by atoms with Crippen molar-refractivity contribution in [3.05, 3.63) is 58.9 Å². The maximum Gasteiger partial charge on any atom is 0.325 e. The quantitative estimate of drug-likeness (QED) is 0.749. The molecule has 0 bridgehead atoms. The first-order valence-electron chi connectivity index (χ1n) is 8.28. The largest absolute Gasteiger partial charge is 0.497 e. The standard InChI is InChI=1S/C19H17ClFN3O4/c1-19(14-7-6-11(21)8-15(14)20)17(26)24(18(27)23-19)10-16(25)22-12-4-3-5-13(9-12)28-2/h3-9H,10H2,1-2H3,(H,22,25)(H,23,27). The topological polar surface area (TPSA) is 87.7 Å². The number of nitrogens with zero attached hydrogens (tertiary/aromatic N) is 1. The van der Waals surface area contributed by atoms with Crippen LogP contribution in [0.4, 0.5) is 14.9 Å². The first-order chi connectivity index (χ1) is 13.2. The molecule has 146 valence electrons. The van der Waals surface area contributed by atoms with Gasteiger partial charge in [-0.15, -0.1) is 0 Å². The molecule has 1 aliphatic heterocycles. The molecule has 0 aliphatic carbocycles. The summed E-state index contributed by atoms with van der Waals surface area (Å²) < 4.78 is 18.4. The summed E-state index contributed by atoms with van der Waals surface area (Å²) in [6.07, 6.45) is 0. The molecule has 1 fully saturated rings. The number of carbonyl (C=O) groups excluding carboxylic acids is 3. The number of carbonyl (C=O) groups is 3. The lowest BCUT2D eigenvalue weighted by Crippen LogP contribution is -2.42. The van der Waals surface area contributed by atoms with Crippen molar-refractivity contribution < 1.29 is 23.5 Å². The van der Waals surface area contributed by atoms with Crippen LogP contribution in [0.1, 0.15) is 12.5 Å². The number of hydrogen-bond acceptors (Lipinski definition) is 4. The van der Waals surface area contributed by atoms with Crippen LogP contribution in [0.25, 0.3) is 0 Å². The molecule has 2 aromatic rings. The molecule has 4 amide bonds. The van der Waals surface area contributed by atoms with E-state index in [2.05, 4.69) is 10.6 Å². The van der Waals surface area contributed by atoms with Gasteiger partial charge in [-0.05, 0) is 31.2 Å². The minimum absolute atomic E-state index is 0.00108. The van der Waals surface area contributed by atoms with Gasteiger partial charge in [-0.25, -0.2) is 9.18 Å². The zero-order valence-electron chi connectivity index (χ0n) is 15.1. The Hall–Kier alpha value is -3.13. The van der Waals surface area contributed by atoms with E-state index >= 15 is 0 Å². The fourth-order valence-corrected chi connectivity index (χ4v) is 3.32. The fourth-order valence-electron chi connectivity index (χ4n) is 2.96. The summed E-state index contributed by atoms with van der Waals surface area (Å²) >= 11 is 6.05. The minimum atomic E-state index is -1.50. The van der Waals surface area contributed by atoms with Gasteiger partial charge in [0.2, 0.25) is 5.91 Å². The van der Waals surface area contributed by atoms with Crippen molar-refractivity contribution in [2.75, 3.05) is 19.0 Å². The van der Waals surface area contributed by atoms with E-state index in [0.717, 1.165) is 17.0 Å². The second-order valence-corrected chi connectivity index (χ2v) is 6.76. The molecule has 1 atom stereocenters. The van der Waals surface area contributed by atoms with Crippen LogP contribution in [0.2, 0.25) is 5.02 Å². The Morgan fingerprint density at radius 3 is 2.71 bits per heavy atom. The van der Waals surface area contributed by atoms with Gasteiger partial charge in [0.05, 0.1) is 7.11 Å². The molecule has 7 nitrogen and oxygen atoms in total. The lowest BCUT2D eigenvalue weighted by molar-refractivity contribution is -0.133. The summed E-state index contributed by atoms with van der Waals surface area (Å²) in [7, 11) is 1.50. The summed E-state index contributed by atoms with van der Waals surface area (Å²) in [5.74, 6) is -1.24. The van der Waals surface area contributed by atoms with Crippen LogP contribution in [0.15, 0.2) is 42.5 Å². The highest BCUT2D eigenvalue weighted by Crippen LogP contribution is 2.34. The number of anilines is 1. The van der Waals surface area contributed by atoms with Crippen LogP contribution in [0, 0.1) is 5.82 Å². The van der Waals surface area contributed by atoms with Crippen LogP contribution in [-0.2, 0) is 15.1 Å². The molecule has 3 rings (SSSR count). The number of ether oxygens (including phenoxy) is 1. The van der Waals surface area contributed by atoms with Crippen molar-refractivity contribution in [3.8, 4) is 5.75 Å². The molecule has 1 saturated heterocycles. The van der Waals surface area contributed by atoms with Crippen molar-refractivity contribution in [2.45, 2.75) is 12.5 Å². The van der Waals surface area contributed by atoms with Crippen LogP contribution >= 0.6 is 11.6 Å². The average molecular weight is 406 g/mol. The first-order valence-corrected chi connectivity index (χ1v) is 8.66. The Labute approximate surface area is 165 Å². The predicted molar refractivity (Wildman–Crippen MR) is 101 cm³/mol. The molecule has 0 aromatic heterocycles. The third-order valence-corrected chi connectivity index (χ3v) is 4.71. The van der Waals surface area contributed by atoms with Crippen LogP contribution in [-0.4, -0.2) is 36.4 Å². The Bertz CT molecular complexity index is 968. The van der Waals surface area contributed by atoms with E-state index in [1.807, 2.05) is 0 Å². The third-order valence-electron chi connectivity index (χ3n) is 4.40. The zero-order valence-corrected chi connectivity index (χ0v) is 15.8. The summed E-state index contributed by atoms with van der Waals surface area (Å²) in [6, 6.07) is 9.44. The first kappa shape index (κ1) is 19.6. The number of amides is 4. The van der Waals surface area contributed by atoms with E-state index in [0.29, 0.717) is 11.4 Å².